The number of aromatic nitrogens is 2. The number of rotatable bonds is 1. The topological polar surface area (TPSA) is 53.2 Å². The van der Waals surface area contributed by atoms with Crippen molar-refractivity contribution >= 4 is 16.8 Å². The van der Waals surface area contributed by atoms with Gasteiger partial charge in [-0.2, -0.15) is 0 Å². The van der Waals surface area contributed by atoms with E-state index in [0.717, 1.165) is 16.7 Å². The summed E-state index contributed by atoms with van der Waals surface area (Å²) in [5.41, 5.74) is 4.37. The number of fused-ring (bicyclic) bond motifs is 1. The summed E-state index contributed by atoms with van der Waals surface area (Å²) in [6, 6.07) is 5.93. The minimum atomic E-state index is 0.717. The number of H-pyrrole nitrogens is 1. The number of nitrogens with zero attached hydrogens (tertiary/aromatic N) is 2. The Morgan fingerprint density at radius 3 is 3.07 bits per heavy atom. The molecule has 2 N–H and O–H groups in total. The fraction of sp³-hybridized carbons (Fsp3) is 0.100. The number of hydrogen-bond donors (Lipinski definition) is 2. The Balaban J connectivity index is 2.07. The number of pyridine rings is 1. The van der Waals surface area contributed by atoms with E-state index in [0.29, 0.717) is 5.76 Å². The van der Waals surface area contributed by atoms with Crippen LogP contribution in [-0.4, -0.2) is 22.0 Å². The molecule has 3 rings (SSSR count). The molecule has 0 radical (unpaired) electrons. The van der Waals surface area contributed by atoms with Crippen LogP contribution in [0.1, 0.15) is 5.69 Å². The van der Waals surface area contributed by atoms with E-state index in [1.165, 1.54) is 0 Å². The van der Waals surface area contributed by atoms with Gasteiger partial charge in [0.2, 0.25) is 0 Å². The van der Waals surface area contributed by atoms with Gasteiger partial charge >= 0.3 is 0 Å². The first kappa shape index (κ1) is 8.31. The average Bonchev–Trinajstić information content (AvgIpc) is 2.84. The number of hydrazine groups is 1. The van der Waals surface area contributed by atoms with Gasteiger partial charge in [-0.3, -0.25) is 5.01 Å². The van der Waals surface area contributed by atoms with Gasteiger partial charge in [0, 0.05) is 18.6 Å². The molecule has 3 heterocycles. The highest BCUT2D eigenvalue weighted by Gasteiger charge is 2.13. The van der Waals surface area contributed by atoms with Gasteiger partial charge in [-0.15, -0.1) is 0 Å². The van der Waals surface area contributed by atoms with Crippen LogP contribution in [0, 0.1) is 0 Å². The molecular weight excluding hydrogens is 192 g/mol. The van der Waals surface area contributed by atoms with E-state index in [9.17, 15) is 0 Å². The van der Waals surface area contributed by atoms with Gasteiger partial charge in [0.1, 0.15) is 11.3 Å². The maximum absolute atomic E-state index is 5.24. The number of hydrogen-bond acceptors (Lipinski definition) is 4. The van der Waals surface area contributed by atoms with E-state index in [1.807, 2.05) is 37.6 Å². The van der Waals surface area contributed by atoms with Crippen LogP contribution < -0.4 is 5.59 Å². The SMILES string of the molecule is CN1C=C(c2ccc3cc[nH]c3n2)ON1. The van der Waals surface area contributed by atoms with Crippen LogP contribution >= 0.6 is 0 Å². The van der Waals surface area contributed by atoms with Gasteiger partial charge in [-0.1, -0.05) is 5.59 Å². The van der Waals surface area contributed by atoms with Crippen LogP contribution in [0.25, 0.3) is 16.8 Å². The highest BCUT2D eigenvalue weighted by Crippen LogP contribution is 2.19. The maximum atomic E-state index is 5.24. The molecule has 0 aliphatic carbocycles. The third kappa shape index (κ3) is 1.33. The summed E-state index contributed by atoms with van der Waals surface area (Å²) < 4.78 is 0. The molecule has 5 heteroatoms. The van der Waals surface area contributed by atoms with Gasteiger partial charge < -0.3 is 9.82 Å². The highest BCUT2D eigenvalue weighted by molar-refractivity contribution is 5.77. The van der Waals surface area contributed by atoms with Crippen LogP contribution in [0.4, 0.5) is 0 Å². The van der Waals surface area contributed by atoms with Crippen LogP contribution in [0.5, 0.6) is 0 Å². The van der Waals surface area contributed by atoms with E-state index >= 15 is 0 Å². The summed E-state index contributed by atoms with van der Waals surface area (Å²) in [4.78, 5) is 12.7. The Bertz CT molecular complexity index is 531. The molecule has 0 bridgehead atoms. The molecule has 15 heavy (non-hydrogen) atoms. The monoisotopic (exact) mass is 202 g/mol. The highest BCUT2D eigenvalue weighted by atomic mass is 16.7. The zero-order valence-corrected chi connectivity index (χ0v) is 8.19. The van der Waals surface area contributed by atoms with Crippen LogP contribution in [0.3, 0.4) is 0 Å². The number of aromatic amines is 1. The first-order chi connectivity index (χ1) is 7.33. The second-order valence-corrected chi connectivity index (χ2v) is 3.41. The van der Waals surface area contributed by atoms with E-state index in [2.05, 4.69) is 15.6 Å². The van der Waals surface area contributed by atoms with Crippen molar-refractivity contribution in [1.29, 1.82) is 0 Å². The third-order valence-corrected chi connectivity index (χ3v) is 2.27. The Morgan fingerprint density at radius 1 is 1.33 bits per heavy atom. The largest absolute Gasteiger partial charge is 0.385 e. The summed E-state index contributed by atoms with van der Waals surface area (Å²) in [6.45, 7) is 0. The van der Waals surface area contributed by atoms with Gasteiger partial charge in [-0.05, 0) is 18.2 Å². The van der Waals surface area contributed by atoms with E-state index in [-0.39, 0.29) is 0 Å². The lowest BCUT2D eigenvalue weighted by Crippen LogP contribution is -2.22. The average molecular weight is 202 g/mol. The molecule has 5 nitrogen and oxygen atoms in total. The van der Waals surface area contributed by atoms with Gasteiger partial charge in [0.25, 0.3) is 0 Å². The van der Waals surface area contributed by atoms with E-state index in [1.54, 1.807) is 5.01 Å². The molecular formula is C10H10N4O. The molecule has 2 aromatic heterocycles. The van der Waals surface area contributed by atoms with E-state index < -0.39 is 0 Å². The maximum Gasteiger partial charge on any atom is 0.192 e. The summed E-state index contributed by atoms with van der Waals surface area (Å²) in [5.74, 6) is 0.717. The van der Waals surface area contributed by atoms with Gasteiger partial charge in [0.15, 0.2) is 5.76 Å². The molecule has 1 aliphatic heterocycles. The standard InChI is InChI=1S/C10H10N4O/c1-14-6-9(15-13-14)8-3-2-7-4-5-11-10(7)12-8/h2-6,13H,1H3,(H,11,12). The first-order valence-corrected chi connectivity index (χ1v) is 4.64. The normalized spacial score (nSPS) is 15.5. The molecule has 76 valence electrons. The molecule has 0 unspecified atom stereocenters. The molecule has 0 atom stereocenters. The van der Waals surface area contributed by atoms with Gasteiger partial charge in [-0.25, -0.2) is 4.98 Å². The zero-order valence-electron chi connectivity index (χ0n) is 8.19. The Morgan fingerprint density at radius 2 is 2.27 bits per heavy atom. The lowest BCUT2D eigenvalue weighted by atomic mass is 10.2. The molecule has 0 aromatic carbocycles. The predicted octanol–water partition coefficient (Wildman–Crippen LogP) is 1.24. The third-order valence-electron chi connectivity index (χ3n) is 2.27. The Kier molecular flexibility index (Phi) is 1.66. The van der Waals surface area contributed by atoms with Crippen molar-refractivity contribution in [3.05, 3.63) is 36.3 Å². The second kappa shape index (κ2) is 2.99. The van der Waals surface area contributed by atoms with Crippen molar-refractivity contribution in [3.63, 3.8) is 0 Å². The minimum absolute atomic E-state index is 0.717. The molecule has 0 fully saturated rings. The summed E-state index contributed by atoms with van der Waals surface area (Å²) in [7, 11) is 1.86. The minimum Gasteiger partial charge on any atom is -0.385 e. The molecule has 0 spiro atoms. The predicted molar refractivity (Wildman–Crippen MR) is 56.1 cm³/mol. The van der Waals surface area contributed by atoms with Crippen molar-refractivity contribution in [3.8, 4) is 0 Å². The molecule has 2 aromatic rings. The Hall–Kier alpha value is -2.01. The summed E-state index contributed by atoms with van der Waals surface area (Å²) >= 11 is 0. The molecule has 0 amide bonds. The van der Waals surface area contributed by atoms with Crippen molar-refractivity contribution in [1.82, 2.24) is 20.6 Å². The van der Waals surface area contributed by atoms with Crippen LogP contribution in [-0.2, 0) is 4.84 Å². The van der Waals surface area contributed by atoms with Gasteiger partial charge in [0.05, 0.1) is 6.20 Å². The number of nitrogens with one attached hydrogen (secondary N) is 2. The smallest absolute Gasteiger partial charge is 0.192 e. The van der Waals surface area contributed by atoms with Crippen molar-refractivity contribution in [2.45, 2.75) is 0 Å². The van der Waals surface area contributed by atoms with Crippen molar-refractivity contribution < 1.29 is 4.84 Å². The summed E-state index contributed by atoms with van der Waals surface area (Å²) in [6.07, 6.45) is 3.72. The van der Waals surface area contributed by atoms with Crippen LogP contribution in [0.2, 0.25) is 0 Å². The molecule has 1 aliphatic rings. The molecule has 0 saturated carbocycles. The fourth-order valence-corrected chi connectivity index (χ4v) is 1.54. The zero-order chi connectivity index (χ0) is 10.3. The fourth-order valence-electron chi connectivity index (χ4n) is 1.54. The second-order valence-electron chi connectivity index (χ2n) is 3.41. The summed E-state index contributed by atoms with van der Waals surface area (Å²) in [5, 5.41) is 2.83. The van der Waals surface area contributed by atoms with E-state index in [4.69, 9.17) is 4.84 Å². The van der Waals surface area contributed by atoms with Crippen molar-refractivity contribution in [2.75, 3.05) is 7.05 Å². The lowest BCUT2D eigenvalue weighted by Gasteiger charge is -2.03. The lowest BCUT2D eigenvalue weighted by molar-refractivity contribution is 0.0646. The Labute approximate surface area is 86.3 Å². The van der Waals surface area contributed by atoms with Crippen LogP contribution in [0.15, 0.2) is 30.6 Å². The van der Waals surface area contributed by atoms with Crippen molar-refractivity contribution in [2.24, 2.45) is 0 Å². The molecule has 0 saturated heterocycles. The first-order valence-electron chi connectivity index (χ1n) is 4.64. The quantitative estimate of drug-likeness (QED) is 0.730.